The van der Waals surface area contributed by atoms with Crippen LogP contribution in [-0.2, 0) is 6.54 Å². The molecular weight excluding hydrogens is 608 g/mol. The number of rotatable bonds is 13. The summed E-state index contributed by atoms with van der Waals surface area (Å²) in [6.07, 6.45) is 1.87. The van der Waals surface area contributed by atoms with Crippen molar-refractivity contribution in [3.8, 4) is 16.9 Å². The molecule has 0 bridgehead atoms. The Morgan fingerprint density at radius 1 is 0.735 bits per heavy atom. The normalized spacial score (nSPS) is 13.5. The number of hydrogen-bond acceptors (Lipinski definition) is 5. The highest BCUT2D eigenvalue weighted by atomic mass is 16.5. The predicted molar refractivity (Wildman–Crippen MR) is 198 cm³/mol. The molecule has 0 spiro atoms. The third-order valence-electron chi connectivity index (χ3n) is 8.95. The van der Waals surface area contributed by atoms with E-state index in [0.717, 1.165) is 67.9 Å². The minimum absolute atomic E-state index is 0.151. The fourth-order valence-electron chi connectivity index (χ4n) is 6.12. The van der Waals surface area contributed by atoms with E-state index in [1.165, 1.54) is 0 Å². The molecule has 1 fully saturated rings. The van der Waals surface area contributed by atoms with Crippen LogP contribution in [0, 0.1) is 0 Å². The first-order chi connectivity index (χ1) is 24.0. The van der Waals surface area contributed by atoms with Crippen LogP contribution in [-0.4, -0.2) is 68.0 Å². The highest BCUT2D eigenvalue weighted by Gasteiger charge is 2.22. The quantitative estimate of drug-likeness (QED) is 0.131. The number of benzene rings is 5. The van der Waals surface area contributed by atoms with E-state index in [1.54, 1.807) is 23.1 Å². The molecule has 0 aromatic heterocycles. The lowest BCUT2D eigenvalue weighted by molar-refractivity contribution is 0.0983. The fraction of sp³-hybridized carbons (Fsp3) is 0.238. The van der Waals surface area contributed by atoms with E-state index < -0.39 is 0 Å². The number of carbonyl (C=O) groups is 2. The van der Waals surface area contributed by atoms with Crippen molar-refractivity contribution in [2.24, 2.45) is 0 Å². The summed E-state index contributed by atoms with van der Waals surface area (Å²) >= 11 is 0. The zero-order valence-electron chi connectivity index (χ0n) is 28.1. The maximum absolute atomic E-state index is 14.2. The highest BCUT2D eigenvalue weighted by molar-refractivity contribution is 6.10. The molecule has 0 saturated carbocycles. The first-order valence-electron chi connectivity index (χ1n) is 17.1. The molecular formula is C42H44N4O3. The SMILES string of the molecule is CN1CCN(CCCCOc2cc(C(=O)N(Cc3ccccc3)c3ccccc3)ccc2NC(=O)c2ccccc2-c2ccccc2)CC1. The Balaban J connectivity index is 1.24. The number of unbranched alkanes of at least 4 members (excludes halogenated alkanes) is 1. The number of amides is 2. The van der Waals surface area contributed by atoms with Crippen LogP contribution < -0.4 is 15.0 Å². The lowest BCUT2D eigenvalue weighted by atomic mass is 9.99. The number of nitrogens with one attached hydrogen (secondary N) is 1. The summed E-state index contributed by atoms with van der Waals surface area (Å²) in [5.41, 5.74) is 5.21. The number of anilines is 2. The van der Waals surface area contributed by atoms with Gasteiger partial charge in [0.2, 0.25) is 0 Å². The molecule has 1 aliphatic heterocycles. The second-order valence-electron chi connectivity index (χ2n) is 12.5. The molecule has 0 atom stereocenters. The van der Waals surface area contributed by atoms with Crippen LogP contribution in [0.4, 0.5) is 11.4 Å². The van der Waals surface area contributed by atoms with Crippen LogP contribution >= 0.6 is 0 Å². The van der Waals surface area contributed by atoms with E-state index in [4.69, 9.17) is 4.74 Å². The van der Waals surface area contributed by atoms with Crippen LogP contribution in [0.2, 0.25) is 0 Å². The molecule has 7 nitrogen and oxygen atoms in total. The lowest BCUT2D eigenvalue weighted by Crippen LogP contribution is -2.44. The minimum Gasteiger partial charge on any atom is -0.491 e. The third kappa shape index (κ3) is 9.02. The van der Waals surface area contributed by atoms with Gasteiger partial charge in [-0.2, -0.15) is 0 Å². The highest BCUT2D eigenvalue weighted by Crippen LogP contribution is 2.31. The summed E-state index contributed by atoms with van der Waals surface area (Å²) < 4.78 is 6.38. The molecule has 1 aliphatic rings. The Hall–Kier alpha value is -5.24. The van der Waals surface area contributed by atoms with Crippen LogP contribution in [0.15, 0.2) is 133 Å². The summed E-state index contributed by atoms with van der Waals surface area (Å²) in [5.74, 6) is 0.0828. The molecule has 1 saturated heterocycles. The van der Waals surface area contributed by atoms with E-state index in [9.17, 15) is 9.59 Å². The Morgan fingerprint density at radius 2 is 1.39 bits per heavy atom. The van der Waals surface area contributed by atoms with Crippen LogP contribution in [0.3, 0.4) is 0 Å². The summed E-state index contributed by atoms with van der Waals surface area (Å²) in [4.78, 5) is 34.6. The Morgan fingerprint density at radius 3 is 2.12 bits per heavy atom. The Kier molecular flexibility index (Phi) is 11.5. The molecule has 5 aromatic carbocycles. The van der Waals surface area contributed by atoms with Gasteiger partial charge in [0, 0.05) is 43.0 Å². The summed E-state index contributed by atoms with van der Waals surface area (Å²) in [5, 5.41) is 3.10. The van der Waals surface area contributed by atoms with Gasteiger partial charge in [-0.15, -0.1) is 0 Å². The lowest BCUT2D eigenvalue weighted by Gasteiger charge is -2.32. The second kappa shape index (κ2) is 16.7. The van der Waals surface area contributed by atoms with Crippen molar-refractivity contribution in [2.45, 2.75) is 19.4 Å². The van der Waals surface area contributed by atoms with Gasteiger partial charge >= 0.3 is 0 Å². The number of ether oxygens (including phenoxy) is 1. The first kappa shape index (κ1) is 33.7. The molecule has 250 valence electrons. The smallest absolute Gasteiger partial charge is 0.258 e. The second-order valence-corrected chi connectivity index (χ2v) is 12.5. The number of para-hydroxylation sites is 1. The van der Waals surface area contributed by atoms with Crippen LogP contribution in [0.1, 0.15) is 39.1 Å². The average molecular weight is 653 g/mol. The van der Waals surface area contributed by atoms with Crippen LogP contribution in [0.5, 0.6) is 5.75 Å². The number of piperazine rings is 1. The van der Waals surface area contributed by atoms with Gasteiger partial charge < -0.3 is 24.8 Å². The molecule has 7 heteroatoms. The third-order valence-corrected chi connectivity index (χ3v) is 8.95. The maximum Gasteiger partial charge on any atom is 0.258 e. The van der Waals surface area contributed by atoms with Crippen molar-refractivity contribution in [2.75, 3.05) is 56.6 Å². The van der Waals surface area contributed by atoms with Gasteiger partial charge in [-0.3, -0.25) is 9.59 Å². The molecule has 6 rings (SSSR count). The van der Waals surface area contributed by atoms with Gasteiger partial charge in [0.15, 0.2) is 0 Å². The molecule has 1 N–H and O–H groups in total. The molecule has 1 heterocycles. The molecule has 0 unspecified atom stereocenters. The standard InChI is InChI=1S/C42H44N4O3/c1-44-26-28-45(29-27-44)25-13-14-30-49-40-31-35(42(48)46(36-19-9-4-10-20-36)32-33-15-5-2-6-16-33)23-24-39(40)43-41(47)38-22-12-11-21-37(38)34-17-7-3-8-18-34/h2-12,15-24,31H,13-14,25-30,32H2,1H3,(H,43,47). The monoisotopic (exact) mass is 652 g/mol. The van der Waals surface area contributed by atoms with Gasteiger partial charge in [0.05, 0.1) is 18.8 Å². The van der Waals surface area contributed by atoms with Gasteiger partial charge in [0.1, 0.15) is 5.75 Å². The molecule has 0 radical (unpaired) electrons. The zero-order chi connectivity index (χ0) is 33.8. The van der Waals surface area contributed by atoms with Gasteiger partial charge in [-0.1, -0.05) is 97.1 Å². The number of likely N-dealkylation sites (N-methyl/N-ethyl adjacent to an activating group) is 1. The van der Waals surface area contributed by atoms with E-state index >= 15 is 0 Å². The topological polar surface area (TPSA) is 65.1 Å². The van der Waals surface area contributed by atoms with E-state index in [0.29, 0.717) is 35.7 Å². The van der Waals surface area contributed by atoms with Crippen LogP contribution in [0.25, 0.3) is 11.1 Å². The maximum atomic E-state index is 14.2. The zero-order valence-corrected chi connectivity index (χ0v) is 28.1. The number of nitrogens with zero attached hydrogens (tertiary/aromatic N) is 3. The molecule has 0 aliphatic carbocycles. The van der Waals surface area contributed by atoms with E-state index in [-0.39, 0.29) is 11.8 Å². The fourth-order valence-corrected chi connectivity index (χ4v) is 6.12. The van der Waals surface area contributed by atoms with Gasteiger partial charge in [0.25, 0.3) is 11.8 Å². The molecule has 49 heavy (non-hydrogen) atoms. The van der Waals surface area contributed by atoms with Crippen molar-refractivity contribution in [3.63, 3.8) is 0 Å². The van der Waals surface area contributed by atoms with Gasteiger partial charge in [-0.05, 0) is 79.5 Å². The average Bonchev–Trinajstić information content (AvgIpc) is 3.16. The van der Waals surface area contributed by atoms with Crippen molar-refractivity contribution in [1.82, 2.24) is 9.80 Å². The molecule has 5 aromatic rings. The molecule has 2 amide bonds. The van der Waals surface area contributed by atoms with Crippen molar-refractivity contribution >= 4 is 23.2 Å². The van der Waals surface area contributed by atoms with E-state index in [1.807, 2.05) is 115 Å². The van der Waals surface area contributed by atoms with Crippen molar-refractivity contribution in [3.05, 3.63) is 150 Å². The Labute approximate surface area is 289 Å². The van der Waals surface area contributed by atoms with Gasteiger partial charge in [-0.25, -0.2) is 0 Å². The minimum atomic E-state index is -0.242. The predicted octanol–water partition coefficient (Wildman–Crippen LogP) is 7.86. The van der Waals surface area contributed by atoms with E-state index in [2.05, 4.69) is 22.2 Å². The van der Waals surface area contributed by atoms with Crippen molar-refractivity contribution < 1.29 is 14.3 Å². The summed E-state index contributed by atoms with van der Waals surface area (Å²) in [7, 11) is 2.17. The largest absolute Gasteiger partial charge is 0.491 e. The number of hydrogen-bond donors (Lipinski definition) is 1. The first-order valence-corrected chi connectivity index (χ1v) is 17.1. The summed E-state index contributed by atoms with van der Waals surface area (Å²) in [6, 6.07) is 42.4. The number of carbonyl (C=O) groups excluding carboxylic acids is 2. The van der Waals surface area contributed by atoms with Crippen molar-refractivity contribution in [1.29, 1.82) is 0 Å². The Bertz CT molecular complexity index is 1810. The summed E-state index contributed by atoms with van der Waals surface area (Å²) in [6.45, 7) is 6.28.